The van der Waals surface area contributed by atoms with Gasteiger partial charge in [0.15, 0.2) is 23.2 Å². The fraction of sp³-hybridized carbons (Fsp3) is 0.400. The molecule has 0 bridgehead atoms. The van der Waals surface area contributed by atoms with Crippen molar-refractivity contribution in [1.82, 2.24) is 19.9 Å². The number of carboxylic acid groups (broad SMARTS) is 1. The zero-order chi connectivity index (χ0) is 27.9. The maximum absolute atomic E-state index is 14.9. The minimum atomic E-state index is -1.41. The first-order chi connectivity index (χ1) is 18.5. The van der Waals surface area contributed by atoms with Crippen molar-refractivity contribution in [1.29, 1.82) is 0 Å². The lowest BCUT2D eigenvalue weighted by molar-refractivity contribution is -0.0677. The van der Waals surface area contributed by atoms with E-state index >= 15 is 0 Å². The van der Waals surface area contributed by atoms with Crippen LogP contribution in [0.1, 0.15) is 36.0 Å². The van der Waals surface area contributed by atoms with E-state index in [-0.39, 0.29) is 59.8 Å². The molecule has 206 valence electrons. The first kappa shape index (κ1) is 26.4. The van der Waals surface area contributed by atoms with Crippen LogP contribution >= 0.6 is 0 Å². The van der Waals surface area contributed by atoms with E-state index in [1.54, 1.807) is 0 Å². The Kier molecular flexibility index (Phi) is 6.89. The second-order valence-corrected chi connectivity index (χ2v) is 9.84. The number of nitrogens with one attached hydrogen (secondary N) is 1. The lowest BCUT2D eigenvalue weighted by Crippen LogP contribution is -2.49. The molecular formula is C25H25F3N6O5. The van der Waals surface area contributed by atoms with Gasteiger partial charge in [0, 0.05) is 24.6 Å². The molecule has 0 radical (unpaired) electrons. The third kappa shape index (κ3) is 5.37. The Balaban J connectivity index is 1.51. The number of nitrogens with two attached hydrogens (primary N) is 1. The van der Waals surface area contributed by atoms with Crippen LogP contribution in [0.5, 0.6) is 5.75 Å². The van der Waals surface area contributed by atoms with Gasteiger partial charge < -0.3 is 30.9 Å². The van der Waals surface area contributed by atoms with Crippen molar-refractivity contribution in [2.24, 2.45) is 5.73 Å². The standard InChI is InChI=1S/C25H25F3N6O5/c26-13-6-14(9-34(8-13)24(36)37)32-23-20-19(30-11-31-23)15(22(29)35)7-18(33-20)12-4-16(27)21(17(28)5-12)39-10-25(38)2-1-3-25/h4-5,7,11,13-14,38H,1-3,6,8-10H2,(H2,29,35)(H,36,37)(H,30,31,32)/t13-,14-/m0/s1. The van der Waals surface area contributed by atoms with E-state index in [4.69, 9.17) is 10.5 Å². The number of carbonyl (C=O) groups excluding carboxylic acids is 1. The highest BCUT2D eigenvalue weighted by atomic mass is 19.1. The molecular weight excluding hydrogens is 521 g/mol. The summed E-state index contributed by atoms with van der Waals surface area (Å²) < 4.78 is 49.3. The molecule has 1 aliphatic heterocycles. The number of piperidine rings is 1. The van der Waals surface area contributed by atoms with Gasteiger partial charge in [-0.15, -0.1) is 0 Å². The molecule has 2 aromatic heterocycles. The highest BCUT2D eigenvalue weighted by Gasteiger charge is 2.36. The van der Waals surface area contributed by atoms with Crippen LogP contribution in [0, 0.1) is 11.6 Å². The van der Waals surface area contributed by atoms with Gasteiger partial charge in [0.05, 0.1) is 23.4 Å². The number of pyridine rings is 1. The van der Waals surface area contributed by atoms with Crippen LogP contribution < -0.4 is 15.8 Å². The summed E-state index contributed by atoms with van der Waals surface area (Å²) in [6.45, 7) is -0.550. The number of rotatable bonds is 7. The molecule has 14 heteroatoms. The monoisotopic (exact) mass is 546 g/mol. The Labute approximate surface area is 219 Å². The average Bonchev–Trinajstić information content (AvgIpc) is 2.86. The smallest absolute Gasteiger partial charge is 0.407 e. The van der Waals surface area contributed by atoms with Crippen LogP contribution in [0.25, 0.3) is 22.3 Å². The number of ether oxygens (including phenoxy) is 1. The number of amides is 2. The van der Waals surface area contributed by atoms with Crippen molar-refractivity contribution >= 4 is 28.9 Å². The Morgan fingerprint density at radius 2 is 1.87 bits per heavy atom. The predicted molar refractivity (Wildman–Crippen MR) is 132 cm³/mol. The van der Waals surface area contributed by atoms with Gasteiger partial charge in [-0.05, 0) is 37.5 Å². The molecule has 1 aliphatic carbocycles. The largest absolute Gasteiger partial charge is 0.485 e. The van der Waals surface area contributed by atoms with E-state index < -0.39 is 47.2 Å². The van der Waals surface area contributed by atoms with E-state index in [1.807, 2.05) is 0 Å². The number of fused-ring (bicyclic) bond motifs is 1. The topological polar surface area (TPSA) is 164 Å². The van der Waals surface area contributed by atoms with E-state index in [9.17, 15) is 33.0 Å². The van der Waals surface area contributed by atoms with Gasteiger partial charge in [0.1, 0.15) is 30.1 Å². The Bertz CT molecular complexity index is 1430. The summed E-state index contributed by atoms with van der Waals surface area (Å²) in [5, 5.41) is 22.4. The average molecular weight is 547 g/mol. The number of aliphatic hydroxyl groups is 1. The minimum absolute atomic E-state index is 0.00927. The number of carbonyl (C=O) groups is 2. The molecule has 3 aromatic rings. The second-order valence-electron chi connectivity index (χ2n) is 9.84. The first-order valence-corrected chi connectivity index (χ1v) is 12.2. The van der Waals surface area contributed by atoms with Crippen molar-refractivity contribution in [2.75, 3.05) is 25.0 Å². The number of alkyl halides is 1. The van der Waals surface area contributed by atoms with E-state index in [0.29, 0.717) is 12.8 Å². The van der Waals surface area contributed by atoms with Crippen LogP contribution in [-0.2, 0) is 0 Å². The molecule has 1 saturated carbocycles. The van der Waals surface area contributed by atoms with Gasteiger partial charge in [-0.2, -0.15) is 0 Å². The lowest BCUT2D eigenvalue weighted by Gasteiger charge is -2.36. The Hall–Kier alpha value is -4.20. The minimum Gasteiger partial charge on any atom is -0.485 e. The molecule has 39 heavy (non-hydrogen) atoms. The van der Waals surface area contributed by atoms with Gasteiger partial charge in [0.25, 0.3) is 5.91 Å². The van der Waals surface area contributed by atoms with Gasteiger partial charge in [-0.3, -0.25) is 4.79 Å². The molecule has 1 aromatic carbocycles. The molecule has 2 fully saturated rings. The normalized spacial score (nSPS) is 20.4. The van der Waals surface area contributed by atoms with Crippen LogP contribution in [0.2, 0.25) is 0 Å². The summed E-state index contributed by atoms with van der Waals surface area (Å²) in [4.78, 5) is 37.2. The lowest BCUT2D eigenvalue weighted by atomic mass is 9.81. The number of aromatic nitrogens is 3. The van der Waals surface area contributed by atoms with Crippen LogP contribution in [-0.4, -0.2) is 79.6 Å². The Morgan fingerprint density at radius 3 is 2.49 bits per heavy atom. The molecule has 0 spiro atoms. The predicted octanol–water partition coefficient (Wildman–Crippen LogP) is 2.87. The van der Waals surface area contributed by atoms with Gasteiger partial charge in [-0.1, -0.05) is 0 Å². The maximum atomic E-state index is 14.9. The number of anilines is 1. The third-order valence-corrected chi connectivity index (χ3v) is 6.93. The highest BCUT2D eigenvalue weighted by molar-refractivity contribution is 6.06. The summed E-state index contributed by atoms with van der Waals surface area (Å²) in [5.74, 6) is -3.56. The molecule has 5 N–H and O–H groups in total. The highest BCUT2D eigenvalue weighted by Crippen LogP contribution is 2.35. The van der Waals surface area contributed by atoms with Crippen molar-refractivity contribution in [3.63, 3.8) is 0 Å². The van der Waals surface area contributed by atoms with Gasteiger partial charge in [0.2, 0.25) is 0 Å². The number of benzene rings is 1. The van der Waals surface area contributed by atoms with Gasteiger partial charge in [-0.25, -0.2) is 32.9 Å². The van der Waals surface area contributed by atoms with Crippen molar-refractivity contribution < 1.29 is 37.7 Å². The molecule has 2 atom stereocenters. The quantitative estimate of drug-likeness (QED) is 0.349. The zero-order valence-electron chi connectivity index (χ0n) is 20.5. The fourth-order valence-electron chi connectivity index (χ4n) is 4.75. The Morgan fingerprint density at radius 1 is 1.15 bits per heavy atom. The van der Waals surface area contributed by atoms with Crippen LogP contribution in [0.4, 0.5) is 23.8 Å². The van der Waals surface area contributed by atoms with Crippen LogP contribution in [0.3, 0.4) is 0 Å². The van der Waals surface area contributed by atoms with Gasteiger partial charge >= 0.3 is 6.09 Å². The zero-order valence-corrected chi connectivity index (χ0v) is 20.5. The summed E-state index contributed by atoms with van der Waals surface area (Å²) in [6, 6.07) is 2.50. The number of hydrogen-bond acceptors (Lipinski definition) is 8. The molecule has 11 nitrogen and oxygen atoms in total. The molecule has 2 aliphatic rings. The molecule has 1 saturated heterocycles. The number of nitrogens with zero attached hydrogens (tertiary/aromatic N) is 4. The van der Waals surface area contributed by atoms with Crippen molar-refractivity contribution in [3.8, 4) is 17.0 Å². The number of primary amides is 1. The summed E-state index contributed by atoms with van der Waals surface area (Å²) in [5.41, 5.74) is 4.32. The summed E-state index contributed by atoms with van der Waals surface area (Å²) >= 11 is 0. The first-order valence-electron chi connectivity index (χ1n) is 12.2. The molecule has 2 amide bonds. The third-order valence-electron chi connectivity index (χ3n) is 6.93. The van der Waals surface area contributed by atoms with Crippen molar-refractivity contribution in [2.45, 2.75) is 43.5 Å². The van der Waals surface area contributed by atoms with Crippen molar-refractivity contribution in [3.05, 3.63) is 41.7 Å². The van der Waals surface area contributed by atoms with E-state index in [1.165, 1.54) is 6.07 Å². The summed E-state index contributed by atoms with van der Waals surface area (Å²) in [7, 11) is 0. The maximum Gasteiger partial charge on any atom is 0.407 e. The summed E-state index contributed by atoms with van der Waals surface area (Å²) in [6.07, 6.45) is 0.186. The molecule has 3 heterocycles. The number of hydrogen-bond donors (Lipinski definition) is 4. The molecule has 5 rings (SSSR count). The number of likely N-dealkylation sites (tertiary alicyclic amines) is 1. The second kappa shape index (κ2) is 10.2. The number of halogens is 3. The fourth-order valence-corrected chi connectivity index (χ4v) is 4.75. The SMILES string of the molecule is NC(=O)c1cc(-c2cc(F)c(OCC3(O)CCC3)c(F)c2)nc2c(N[C@H]3C[C@H](F)CN(C(=O)O)C3)ncnc12. The molecule has 0 unspecified atom stereocenters. The van der Waals surface area contributed by atoms with E-state index in [2.05, 4.69) is 20.3 Å². The van der Waals surface area contributed by atoms with E-state index in [0.717, 1.165) is 29.8 Å². The van der Waals surface area contributed by atoms with Crippen LogP contribution in [0.15, 0.2) is 24.5 Å².